The van der Waals surface area contributed by atoms with Gasteiger partial charge in [0.25, 0.3) is 5.91 Å². The summed E-state index contributed by atoms with van der Waals surface area (Å²) in [4.78, 5) is 12.7. The smallest absolute Gasteiger partial charge is 0.255 e. The zero-order chi connectivity index (χ0) is 19.3. The van der Waals surface area contributed by atoms with Crippen molar-refractivity contribution >= 4 is 21.4 Å². The highest BCUT2D eigenvalue weighted by molar-refractivity contribution is 7.90. The van der Waals surface area contributed by atoms with E-state index in [2.05, 4.69) is 12.2 Å². The summed E-state index contributed by atoms with van der Waals surface area (Å²) < 4.78 is 24.9. The van der Waals surface area contributed by atoms with Gasteiger partial charge >= 0.3 is 0 Å². The van der Waals surface area contributed by atoms with Gasteiger partial charge in [-0.05, 0) is 53.9 Å². The van der Waals surface area contributed by atoms with Crippen molar-refractivity contribution in [1.82, 2.24) is 0 Å². The quantitative estimate of drug-likeness (QED) is 0.687. The number of carbonyl (C=O) groups is 1. The molecule has 4 nitrogen and oxygen atoms in total. The van der Waals surface area contributed by atoms with Gasteiger partial charge in [-0.2, -0.15) is 0 Å². The van der Waals surface area contributed by atoms with Crippen LogP contribution in [0.25, 0.3) is 0 Å². The first-order valence-corrected chi connectivity index (χ1v) is 10.4. The summed E-state index contributed by atoms with van der Waals surface area (Å²) in [5, 5.41) is 2.87. The first-order valence-electron chi connectivity index (χ1n) is 8.75. The van der Waals surface area contributed by atoms with E-state index in [-0.39, 0.29) is 11.7 Å². The van der Waals surface area contributed by atoms with Crippen molar-refractivity contribution in [3.8, 4) is 0 Å². The van der Waals surface area contributed by atoms with Crippen molar-refractivity contribution in [2.75, 3.05) is 5.32 Å². The topological polar surface area (TPSA) is 63.2 Å². The summed E-state index contributed by atoms with van der Waals surface area (Å²) in [7, 11) is -3.40. The van der Waals surface area contributed by atoms with Gasteiger partial charge in [-0.15, -0.1) is 0 Å². The van der Waals surface area contributed by atoms with Gasteiger partial charge in [0.15, 0.2) is 9.84 Å². The molecule has 138 valence electrons. The third kappa shape index (κ3) is 4.83. The van der Waals surface area contributed by atoms with Crippen LogP contribution in [0, 0.1) is 0 Å². The Morgan fingerprint density at radius 3 is 2.22 bits per heavy atom. The molecule has 3 aromatic carbocycles. The molecule has 1 N–H and O–H groups in total. The SMILES string of the molecule is CCc1cccc(NC(=O)c2ccc(CS(=O)(=O)c3ccccc3)cc2)c1. The normalized spacial score (nSPS) is 11.1. The number of sulfone groups is 1. The fraction of sp³-hybridized carbons (Fsp3) is 0.136. The van der Waals surface area contributed by atoms with Crippen LogP contribution >= 0.6 is 0 Å². The minimum Gasteiger partial charge on any atom is -0.322 e. The van der Waals surface area contributed by atoms with Crippen molar-refractivity contribution < 1.29 is 13.2 Å². The van der Waals surface area contributed by atoms with Crippen LogP contribution in [0.2, 0.25) is 0 Å². The molecular formula is C22H21NO3S. The monoisotopic (exact) mass is 379 g/mol. The highest BCUT2D eigenvalue weighted by atomic mass is 32.2. The molecular weight excluding hydrogens is 358 g/mol. The maximum Gasteiger partial charge on any atom is 0.255 e. The van der Waals surface area contributed by atoms with E-state index in [1.54, 1.807) is 54.6 Å². The number of hydrogen-bond donors (Lipinski definition) is 1. The van der Waals surface area contributed by atoms with Crippen molar-refractivity contribution in [2.45, 2.75) is 24.0 Å². The van der Waals surface area contributed by atoms with Gasteiger partial charge in [0.05, 0.1) is 10.6 Å². The minimum atomic E-state index is -3.40. The van der Waals surface area contributed by atoms with Gasteiger partial charge in [-0.25, -0.2) is 8.42 Å². The molecule has 0 saturated heterocycles. The summed E-state index contributed by atoms with van der Waals surface area (Å²) in [5.74, 6) is -0.321. The molecule has 0 aliphatic carbocycles. The number of aryl methyl sites for hydroxylation is 1. The van der Waals surface area contributed by atoms with Crippen LogP contribution < -0.4 is 5.32 Å². The van der Waals surface area contributed by atoms with Gasteiger partial charge in [0.2, 0.25) is 0 Å². The number of carbonyl (C=O) groups excluding carboxylic acids is 1. The van der Waals surface area contributed by atoms with E-state index in [1.807, 2.05) is 24.3 Å². The zero-order valence-electron chi connectivity index (χ0n) is 15.1. The standard InChI is InChI=1S/C22H21NO3S/c1-2-17-7-6-8-20(15-17)23-22(24)19-13-11-18(12-14-19)16-27(25,26)21-9-4-3-5-10-21/h3-15H,2,16H2,1H3,(H,23,24). The molecule has 0 radical (unpaired) electrons. The highest BCUT2D eigenvalue weighted by Gasteiger charge is 2.15. The fourth-order valence-corrected chi connectivity index (χ4v) is 4.12. The van der Waals surface area contributed by atoms with E-state index in [1.165, 1.54) is 0 Å². The van der Waals surface area contributed by atoms with Gasteiger partial charge in [0, 0.05) is 11.3 Å². The van der Waals surface area contributed by atoms with Crippen LogP contribution in [0.15, 0.2) is 83.8 Å². The number of rotatable bonds is 6. The Hall–Kier alpha value is -2.92. The van der Waals surface area contributed by atoms with Crippen LogP contribution in [-0.2, 0) is 22.0 Å². The molecule has 27 heavy (non-hydrogen) atoms. The van der Waals surface area contributed by atoms with E-state index in [9.17, 15) is 13.2 Å². The second-order valence-electron chi connectivity index (χ2n) is 6.28. The molecule has 0 bridgehead atoms. The predicted octanol–water partition coefficient (Wildman–Crippen LogP) is 4.48. The summed E-state index contributed by atoms with van der Waals surface area (Å²) in [6, 6.07) is 22.7. The van der Waals surface area contributed by atoms with Crippen LogP contribution in [0.3, 0.4) is 0 Å². The average Bonchev–Trinajstić information content (AvgIpc) is 2.69. The molecule has 0 saturated carbocycles. The number of nitrogens with one attached hydrogen (secondary N) is 1. The van der Waals surface area contributed by atoms with E-state index in [0.29, 0.717) is 16.0 Å². The Kier molecular flexibility index (Phi) is 5.72. The molecule has 0 aromatic heterocycles. The van der Waals surface area contributed by atoms with Crippen molar-refractivity contribution in [1.29, 1.82) is 0 Å². The molecule has 1 amide bonds. The summed E-state index contributed by atoms with van der Waals surface area (Å²) >= 11 is 0. The molecule has 3 aromatic rings. The fourth-order valence-electron chi connectivity index (χ4n) is 2.76. The number of anilines is 1. The predicted molar refractivity (Wildman–Crippen MR) is 108 cm³/mol. The third-order valence-corrected chi connectivity index (χ3v) is 5.97. The number of benzene rings is 3. The van der Waals surface area contributed by atoms with Crippen LogP contribution in [-0.4, -0.2) is 14.3 Å². The minimum absolute atomic E-state index is 0.0997. The van der Waals surface area contributed by atoms with Gasteiger partial charge < -0.3 is 5.32 Å². The van der Waals surface area contributed by atoms with E-state index >= 15 is 0 Å². The lowest BCUT2D eigenvalue weighted by Crippen LogP contribution is -2.12. The molecule has 0 heterocycles. The van der Waals surface area contributed by atoms with E-state index < -0.39 is 9.84 Å². The molecule has 5 heteroatoms. The summed E-state index contributed by atoms with van der Waals surface area (Å²) in [6.07, 6.45) is 0.897. The Bertz CT molecular complexity index is 1030. The maximum atomic E-state index is 12.4. The maximum absolute atomic E-state index is 12.4. The van der Waals surface area contributed by atoms with Gasteiger partial charge in [0.1, 0.15) is 0 Å². The van der Waals surface area contributed by atoms with Crippen molar-refractivity contribution in [3.63, 3.8) is 0 Å². The molecule has 0 aliphatic heterocycles. The lowest BCUT2D eigenvalue weighted by Gasteiger charge is -2.08. The van der Waals surface area contributed by atoms with Crippen LogP contribution in [0.1, 0.15) is 28.4 Å². The summed E-state index contributed by atoms with van der Waals surface area (Å²) in [5.41, 5.74) is 3.02. The molecule has 3 rings (SSSR count). The zero-order valence-corrected chi connectivity index (χ0v) is 15.9. The molecule has 0 aliphatic rings. The largest absolute Gasteiger partial charge is 0.322 e. The third-order valence-electron chi connectivity index (χ3n) is 4.27. The Labute approximate surface area is 159 Å². The Morgan fingerprint density at radius 1 is 0.852 bits per heavy atom. The van der Waals surface area contributed by atoms with Gasteiger partial charge in [-0.3, -0.25) is 4.79 Å². The molecule has 0 unspecified atom stereocenters. The lowest BCUT2D eigenvalue weighted by atomic mass is 10.1. The Morgan fingerprint density at radius 2 is 1.56 bits per heavy atom. The number of hydrogen-bond acceptors (Lipinski definition) is 3. The Balaban J connectivity index is 1.70. The molecule has 0 atom stereocenters. The highest BCUT2D eigenvalue weighted by Crippen LogP contribution is 2.17. The van der Waals surface area contributed by atoms with Crippen LogP contribution in [0.4, 0.5) is 5.69 Å². The van der Waals surface area contributed by atoms with Crippen molar-refractivity contribution in [3.05, 3.63) is 95.6 Å². The van der Waals surface area contributed by atoms with E-state index in [0.717, 1.165) is 17.7 Å². The second-order valence-corrected chi connectivity index (χ2v) is 8.27. The van der Waals surface area contributed by atoms with Crippen molar-refractivity contribution in [2.24, 2.45) is 0 Å². The molecule has 0 spiro atoms. The second kappa shape index (κ2) is 8.18. The summed E-state index contributed by atoms with van der Waals surface area (Å²) in [6.45, 7) is 2.06. The van der Waals surface area contributed by atoms with Crippen LogP contribution in [0.5, 0.6) is 0 Å². The van der Waals surface area contributed by atoms with Gasteiger partial charge in [-0.1, -0.05) is 49.4 Å². The first kappa shape index (κ1) is 18.9. The number of amides is 1. The molecule has 0 fully saturated rings. The average molecular weight is 379 g/mol. The lowest BCUT2D eigenvalue weighted by molar-refractivity contribution is 0.102. The first-order chi connectivity index (χ1) is 13.0. The van der Waals surface area contributed by atoms with E-state index in [4.69, 9.17) is 0 Å².